The summed E-state index contributed by atoms with van der Waals surface area (Å²) in [6.45, 7) is 3.66. The molecule has 0 spiro atoms. The van der Waals surface area contributed by atoms with Crippen molar-refractivity contribution in [1.29, 1.82) is 0 Å². The molecule has 11 heteroatoms. The Bertz CT molecular complexity index is 625. The van der Waals surface area contributed by atoms with Crippen molar-refractivity contribution < 1.29 is 18.1 Å². The number of carbonyl (C=O) groups is 1. The summed E-state index contributed by atoms with van der Waals surface area (Å²) >= 11 is 0.793. The van der Waals surface area contributed by atoms with Gasteiger partial charge >= 0.3 is 5.69 Å². The molecule has 1 amide bonds. The van der Waals surface area contributed by atoms with E-state index in [1.54, 1.807) is 6.92 Å². The Morgan fingerprint density at radius 2 is 2.10 bits per heavy atom. The van der Waals surface area contributed by atoms with E-state index in [1.807, 2.05) is 0 Å². The quantitative estimate of drug-likeness (QED) is 0.360. The zero-order valence-electron chi connectivity index (χ0n) is 11.5. The predicted octanol–water partition coefficient (Wildman–Crippen LogP) is 0.502. The molecule has 0 aromatic carbocycles. The zero-order chi connectivity index (χ0) is 16.0. The van der Waals surface area contributed by atoms with Crippen LogP contribution in [0.15, 0.2) is 10.3 Å². The molecule has 0 aliphatic heterocycles. The maximum absolute atomic E-state index is 12.0. The highest BCUT2D eigenvalue weighted by Crippen LogP contribution is 2.36. The van der Waals surface area contributed by atoms with Crippen molar-refractivity contribution >= 4 is 38.0 Å². The van der Waals surface area contributed by atoms with Gasteiger partial charge in [-0.1, -0.05) is 11.3 Å². The zero-order valence-corrected chi connectivity index (χ0v) is 13.1. The van der Waals surface area contributed by atoms with Gasteiger partial charge in [-0.05, 0) is 6.92 Å². The van der Waals surface area contributed by atoms with Gasteiger partial charge < -0.3 is 10.6 Å². The van der Waals surface area contributed by atoms with Crippen LogP contribution >= 0.6 is 11.3 Å². The second kappa shape index (κ2) is 7.33. The number of nitrogens with one attached hydrogen (secondary N) is 3. The lowest BCUT2D eigenvalue weighted by atomic mass is 10.5. The number of thiophene rings is 1. The number of anilines is 1. The van der Waals surface area contributed by atoms with E-state index in [-0.39, 0.29) is 33.9 Å². The molecule has 118 valence electrons. The molecule has 1 rings (SSSR count). The number of hydrogen-bond acceptors (Lipinski definition) is 7. The molecule has 0 aliphatic carbocycles. The molecular formula is C10H16N4O5S2. The highest BCUT2D eigenvalue weighted by Gasteiger charge is 2.25. The van der Waals surface area contributed by atoms with Gasteiger partial charge in [-0.2, -0.15) is 0 Å². The normalized spacial score (nSPS) is 11.1. The lowest BCUT2D eigenvalue weighted by molar-refractivity contribution is -0.383. The van der Waals surface area contributed by atoms with Gasteiger partial charge in [-0.25, -0.2) is 13.1 Å². The van der Waals surface area contributed by atoms with E-state index in [4.69, 9.17) is 0 Å². The van der Waals surface area contributed by atoms with Crippen LogP contribution in [0.3, 0.4) is 0 Å². The minimum atomic E-state index is -3.84. The molecule has 0 saturated carbocycles. The third kappa shape index (κ3) is 4.95. The largest absolute Gasteiger partial charge is 0.372 e. The van der Waals surface area contributed by atoms with E-state index in [9.17, 15) is 23.3 Å². The molecular weight excluding hydrogens is 320 g/mol. The monoisotopic (exact) mass is 336 g/mol. The molecule has 0 radical (unpaired) electrons. The standard InChI is InChI=1S/C10H16N4O5S2/c1-3-11-10-8(14(16)17)6-9(20-10)21(18,19)13-5-4-12-7(2)15/h6,11,13H,3-5H2,1-2H3,(H,12,15). The molecule has 21 heavy (non-hydrogen) atoms. The van der Waals surface area contributed by atoms with E-state index in [1.165, 1.54) is 6.92 Å². The van der Waals surface area contributed by atoms with Crippen LogP contribution in [0.4, 0.5) is 10.7 Å². The second-order valence-electron chi connectivity index (χ2n) is 3.95. The Hall–Kier alpha value is -1.72. The molecule has 9 nitrogen and oxygen atoms in total. The van der Waals surface area contributed by atoms with Crippen molar-refractivity contribution in [3.8, 4) is 0 Å². The third-order valence-electron chi connectivity index (χ3n) is 2.28. The van der Waals surface area contributed by atoms with Crippen LogP contribution < -0.4 is 15.4 Å². The first-order chi connectivity index (χ1) is 9.77. The van der Waals surface area contributed by atoms with Gasteiger partial charge in [0.05, 0.1) is 4.92 Å². The number of rotatable bonds is 8. The molecule has 1 aromatic rings. The highest BCUT2D eigenvalue weighted by molar-refractivity contribution is 7.91. The minimum absolute atomic E-state index is 0.00412. The summed E-state index contributed by atoms with van der Waals surface area (Å²) in [5.74, 6) is -0.268. The summed E-state index contributed by atoms with van der Waals surface area (Å²) in [5.41, 5.74) is -0.274. The van der Waals surface area contributed by atoms with E-state index in [2.05, 4.69) is 15.4 Å². The van der Waals surface area contributed by atoms with Gasteiger partial charge in [0, 0.05) is 32.6 Å². The molecule has 0 atom stereocenters. The molecule has 1 aromatic heterocycles. The van der Waals surface area contributed by atoms with E-state index in [0.717, 1.165) is 17.4 Å². The topological polar surface area (TPSA) is 130 Å². The first-order valence-electron chi connectivity index (χ1n) is 6.04. The van der Waals surface area contributed by atoms with E-state index in [0.29, 0.717) is 6.54 Å². The maximum atomic E-state index is 12.0. The fourth-order valence-corrected chi connectivity index (χ4v) is 3.88. The Labute approximate surface area is 125 Å². The van der Waals surface area contributed by atoms with Crippen LogP contribution in [0.2, 0.25) is 0 Å². The fraction of sp³-hybridized carbons (Fsp3) is 0.500. The van der Waals surface area contributed by atoms with Gasteiger partial charge in [0.25, 0.3) is 0 Å². The van der Waals surface area contributed by atoms with Crippen LogP contribution in [0.1, 0.15) is 13.8 Å². The van der Waals surface area contributed by atoms with Crippen LogP contribution in [-0.4, -0.2) is 38.9 Å². The van der Waals surface area contributed by atoms with Gasteiger partial charge in [0.2, 0.25) is 15.9 Å². The summed E-state index contributed by atoms with van der Waals surface area (Å²) in [6, 6.07) is 1.02. The minimum Gasteiger partial charge on any atom is -0.372 e. The van der Waals surface area contributed by atoms with Crippen molar-refractivity contribution in [2.45, 2.75) is 18.1 Å². The van der Waals surface area contributed by atoms with Crippen molar-refractivity contribution in [3.63, 3.8) is 0 Å². The van der Waals surface area contributed by atoms with Crippen molar-refractivity contribution in [1.82, 2.24) is 10.0 Å². The average molecular weight is 336 g/mol. The second-order valence-corrected chi connectivity index (χ2v) is 6.99. The number of nitro groups is 1. The summed E-state index contributed by atoms with van der Waals surface area (Å²) in [6.07, 6.45) is 0. The molecule has 0 bridgehead atoms. The number of amides is 1. The number of nitrogens with zero attached hydrogens (tertiary/aromatic N) is 1. The summed E-state index contributed by atoms with van der Waals surface area (Å²) in [4.78, 5) is 20.9. The average Bonchev–Trinajstić information content (AvgIpc) is 2.80. The first kappa shape index (κ1) is 17.3. The third-order valence-corrected chi connectivity index (χ3v) is 5.30. The molecule has 0 unspecified atom stereocenters. The first-order valence-corrected chi connectivity index (χ1v) is 8.34. The smallest absolute Gasteiger partial charge is 0.304 e. The van der Waals surface area contributed by atoms with Gasteiger partial charge in [0.1, 0.15) is 4.21 Å². The van der Waals surface area contributed by atoms with Gasteiger partial charge in [-0.3, -0.25) is 14.9 Å². The molecule has 3 N–H and O–H groups in total. The van der Waals surface area contributed by atoms with Crippen molar-refractivity contribution in [2.75, 3.05) is 25.0 Å². The summed E-state index contributed by atoms with van der Waals surface area (Å²) < 4.78 is 26.1. The Morgan fingerprint density at radius 3 is 2.62 bits per heavy atom. The number of sulfonamides is 1. The van der Waals surface area contributed by atoms with Crippen LogP contribution in [0.25, 0.3) is 0 Å². The Morgan fingerprint density at radius 1 is 1.43 bits per heavy atom. The van der Waals surface area contributed by atoms with E-state index < -0.39 is 14.9 Å². The fourth-order valence-electron chi connectivity index (χ4n) is 1.41. The van der Waals surface area contributed by atoms with Crippen LogP contribution in [0, 0.1) is 10.1 Å². The SMILES string of the molecule is CCNc1sc(S(=O)(=O)NCCNC(C)=O)cc1[N+](=O)[O-]. The Kier molecular flexibility index (Phi) is 6.05. The number of carbonyl (C=O) groups excluding carboxylic acids is 1. The molecule has 0 saturated heterocycles. The summed E-state index contributed by atoms with van der Waals surface area (Å²) in [7, 11) is -3.84. The molecule has 0 aliphatic rings. The van der Waals surface area contributed by atoms with E-state index >= 15 is 0 Å². The Balaban J connectivity index is 2.85. The lowest BCUT2D eigenvalue weighted by Gasteiger charge is -2.04. The molecule has 0 fully saturated rings. The maximum Gasteiger partial charge on any atom is 0.304 e. The number of hydrogen-bond donors (Lipinski definition) is 3. The van der Waals surface area contributed by atoms with Crippen LogP contribution in [0.5, 0.6) is 0 Å². The lowest BCUT2D eigenvalue weighted by Crippen LogP contribution is -2.33. The van der Waals surface area contributed by atoms with Crippen LogP contribution in [-0.2, 0) is 14.8 Å². The van der Waals surface area contributed by atoms with Crippen molar-refractivity contribution in [2.24, 2.45) is 0 Å². The van der Waals surface area contributed by atoms with Crippen molar-refractivity contribution in [3.05, 3.63) is 16.2 Å². The highest BCUT2D eigenvalue weighted by atomic mass is 32.2. The van der Waals surface area contributed by atoms with Gasteiger partial charge in [-0.15, -0.1) is 0 Å². The molecule has 1 heterocycles. The summed E-state index contributed by atoms with van der Waals surface area (Å²) in [5, 5.41) is 16.3. The predicted molar refractivity (Wildman–Crippen MR) is 79.0 cm³/mol. The van der Waals surface area contributed by atoms with Gasteiger partial charge in [0.15, 0.2) is 5.00 Å².